The molecule has 0 unspecified atom stereocenters. The number of carbonyl (C=O) groups is 1. The maximum Gasteiger partial charge on any atom is 0.258 e. The molecule has 3 N–H and O–H groups in total. The van der Waals surface area contributed by atoms with Gasteiger partial charge in [-0.2, -0.15) is 0 Å². The van der Waals surface area contributed by atoms with Gasteiger partial charge in [-0.1, -0.05) is 12.1 Å². The third kappa shape index (κ3) is 3.05. The number of nitrogens with two attached hydrogens (primary N) is 1. The molecular formula is C15H15FN2O3. The summed E-state index contributed by atoms with van der Waals surface area (Å²) in [5.74, 6) is -0.438. The number of hydrogen-bond acceptors (Lipinski definition) is 4. The third-order valence-electron chi connectivity index (χ3n) is 2.92. The zero-order valence-corrected chi connectivity index (χ0v) is 11.6. The van der Waals surface area contributed by atoms with E-state index in [9.17, 15) is 9.18 Å². The molecule has 0 aliphatic heterocycles. The van der Waals surface area contributed by atoms with Gasteiger partial charge in [-0.25, -0.2) is 4.39 Å². The maximum atomic E-state index is 13.6. The molecule has 0 radical (unpaired) electrons. The highest BCUT2D eigenvalue weighted by Crippen LogP contribution is 2.34. The van der Waals surface area contributed by atoms with Crippen molar-refractivity contribution in [3.05, 3.63) is 47.8 Å². The summed E-state index contributed by atoms with van der Waals surface area (Å²) >= 11 is 0. The lowest BCUT2D eigenvalue weighted by Gasteiger charge is -2.13. The quantitative estimate of drug-likeness (QED) is 0.849. The van der Waals surface area contributed by atoms with Gasteiger partial charge in [0.05, 0.1) is 31.2 Å². The summed E-state index contributed by atoms with van der Waals surface area (Å²) in [6, 6.07) is 8.75. The second kappa shape index (κ2) is 6.13. The number of nitrogens with one attached hydrogen (secondary N) is 1. The van der Waals surface area contributed by atoms with Crippen molar-refractivity contribution in [3.63, 3.8) is 0 Å². The number of anilines is 2. The summed E-state index contributed by atoms with van der Waals surface area (Å²) in [7, 11) is 2.90. The number of amides is 1. The standard InChI is InChI=1S/C15H15FN2O3/c1-20-13-8-12(14(21-2)7-11(13)17)18-15(19)9-5-3-4-6-10(9)16/h3-8H,17H2,1-2H3,(H,18,19). The van der Waals surface area contributed by atoms with Gasteiger partial charge >= 0.3 is 0 Å². The molecular weight excluding hydrogens is 275 g/mol. The van der Waals surface area contributed by atoms with E-state index in [1.54, 1.807) is 6.07 Å². The number of rotatable bonds is 4. The fraction of sp³-hybridized carbons (Fsp3) is 0.133. The Bertz CT molecular complexity index is 674. The Hall–Kier alpha value is -2.76. The van der Waals surface area contributed by atoms with Gasteiger partial charge in [-0.3, -0.25) is 4.79 Å². The fourth-order valence-corrected chi connectivity index (χ4v) is 1.85. The van der Waals surface area contributed by atoms with E-state index in [1.807, 2.05) is 0 Å². The van der Waals surface area contributed by atoms with Crippen LogP contribution in [0.4, 0.5) is 15.8 Å². The first-order valence-corrected chi connectivity index (χ1v) is 6.14. The van der Waals surface area contributed by atoms with Gasteiger partial charge in [0.15, 0.2) is 0 Å². The molecule has 2 aromatic rings. The normalized spacial score (nSPS) is 10.0. The largest absolute Gasteiger partial charge is 0.495 e. The average Bonchev–Trinajstić information content (AvgIpc) is 2.48. The molecule has 21 heavy (non-hydrogen) atoms. The first-order chi connectivity index (χ1) is 10.1. The Balaban J connectivity index is 2.35. The van der Waals surface area contributed by atoms with Crippen LogP contribution in [0.1, 0.15) is 10.4 Å². The summed E-state index contributed by atoms with van der Waals surface area (Å²) in [6.45, 7) is 0. The average molecular weight is 290 g/mol. The summed E-state index contributed by atoms with van der Waals surface area (Å²) in [6.07, 6.45) is 0. The Morgan fingerprint density at radius 1 is 1.14 bits per heavy atom. The molecule has 2 aromatic carbocycles. The van der Waals surface area contributed by atoms with Crippen LogP contribution in [-0.4, -0.2) is 20.1 Å². The number of ether oxygens (including phenoxy) is 2. The minimum atomic E-state index is -0.601. The van der Waals surface area contributed by atoms with Crippen LogP contribution in [-0.2, 0) is 0 Å². The van der Waals surface area contributed by atoms with Crippen LogP contribution in [0.15, 0.2) is 36.4 Å². The van der Waals surface area contributed by atoms with E-state index >= 15 is 0 Å². The molecule has 0 bridgehead atoms. The maximum absolute atomic E-state index is 13.6. The van der Waals surface area contributed by atoms with E-state index in [0.29, 0.717) is 22.9 Å². The fourth-order valence-electron chi connectivity index (χ4n) is 1.85. The minimum Gasteiger partial charge on any atom is -0.495 e. The molecule has 6 heteroatoms. The smallest absolute Gasteiger partial charge is 0.258 e. The molecule has 0 aliphatic carbocycles. The predicted molar refractivity (Wildman–Crippen MR) is 78.3 cm³/mol. The van der Waals surface area contributed by atoms with E-state index in [1.165, 1.54) is 44.6 Å². The summed E-state index contributed by atoms with van der Waals surface area (Å²) in [5.41, 5.74) is 6.42. The van der Waals surface area contributed by atoms with Crippen molar-refractivity contribution in [2.45, 2.75) is 0 Å². The van der Waals surface area contributed by atoms with Crippen molar-refractivity contribution in [3.8, 4) is 11.5 Å². The molecule has 0 aliphatic rings. The van der Waals surface area contributed by atoms with Gasteiger partial charge in [0.1, 0.15) is 17.3 Å². The minimum absolute atomic E-state index is 0.0599. The SMILES string of the molecule is COc1cc(NC(=O)c2ccccc2F)c(OC)cc1N. The van der Waals surface area contributed by atoms with E-state index in [4.69, 9.17) is 15.2 Å². The van der Waals surface area contributed by atoms with Crippen LogP contribution in [0.2, 0.25) is 0 Å². The van der Waals surface area contributed by atoms with Gasteiger partial charge < -0.3 is 20.5 Å². The van der Waals surface area contributed by atoms with Crippen LogP contribution in [0.25, 0.3) is 0 Å². The van der Waals surface area contributed by atoms with Gasteiger partial charge in [0, 0.05) is 12.1 Å². The van der Waals surface area contributed by atoms with Crippen LogP contribution in [0, 0.1) is 5.82 Å². The lowest BCUT2D eigenvalue weighted by molar-refractivity contribution is 0.102. The number of halogens is 1. The first-order valence-electron chi connectivity index (χ1n) is 6.14. The lowest BCUT2D eigenvalue weighted by Crippen LogP contribution is -2.14. The van der Waals surface area contributed by atoms with Crippen LogP contribution < -0.4 is 20.5 Å². The zero-order valence-electron chi connectivity index (χ0n) is 11.6. The van der Waals surface area contributed by atoms with Crippen molar-refractivity contribution in [2.75, 3.05) is 25.3 Å². The topological polar surface area (TPSA) is 73.6 Å². The zero-order chi connectivity index (χ0) is 15.4. The highest BCUT2D eigenvalue weighted by atomic mass is 19.1. The van der Waals surface area contributed by atoms with Crippen molar-refractivity contribution >= 4 is 17.3 Å². The summed E-state index contributed by atoms with van der Waals surface area (Å²) in [5, 5.41) is 2.58. The Labute approximate surface area is 121 Å². The van der Waals surface area contributed by atoms with Crippen LogP contribution in [0.3, 0.4) is 0 Å². The molecule has 0 saturated carbocycles. The number of carbonyl (C=O) groups excluding carboxylic acids is 1. The molecule has 5 nitrogen and oxygen atoms in total. The molecule has 0 aromatic heterocycles. The van der Waals surface area contributed by atoms with Gasteiger partial charge in [-0.15, -0.1) is 0 Å². The second-order valence-corrected chi connectivity index (χ2v) is 4.23. The van der Waals surface area contributed by atoms with Gasteiger partial charge in [0.2, 0.25) is 0 Å². The van der Waals surface area contributed by atoms with Crippen molar-refractivity contribution in [1.82, 2.24) is 0 Å². The summed E-state index contributed by atoms with van der Waals surface area (Å²) in [4.78, 5) is 12.1. The third-order valence-corrected chi connectivity index (χ3v) is 2.92. The lowest BCUT2D eigenvalue weighted by atomic mass is 10.2. The monoisotopic (exact) mass is 290 g/mol. The second-order valence-electron chi connectivity index (χ2n) is 4.23. The molecule has 0 atom stereocenters. The van der Waals surface area contributed by atoms with E-state index < -0.39 is 11.7 Å². The summed E-state index contributed by atoms with van der Waals surface area (Å²) < 4.78 is 23.8. The molecule has 0 fully saturated rings. The number of hydrogen-bond donors (Lipinski definition) is 2. The Kier molecular flexibility index (Phi) is 4.27. The predicted octanol–water partition coefficient (Wildman–Crippen LogP) is 2.68. The Morgan fingerprint density at radius 2 is 1.81 bits per heavy atom. The van der Waals surface area contributed by atoms with Crippen LogP contribution in [0.5, 0.6) is 11.5 Å². The van der Waals surface area contributed by atoms with Gasteiger partial charge in [0.25, 0.3) is 5.91 Å². The van der Waals surface area contributed by atoms with E-state index in [0.717, 1.165) is 0 Å². The van der Waals surface area contributed by atoms with Crippen molar-refractivity contribution in [2.24, 2.45) is 0 Å². The number of methoxy groups -OCH3 is 2. The number of benzene rings is 2. The van der Waals surface area contributed by atoms with Gasteiger partial charge in [-0.05, 0) is 12.1 Å². The first kappa shape index (κ1) is 14.6. The van der Waals surface area contributed by atoms with Crippen LogP contribution >= 0.6 is 0 Å². The van der Waals surface area contributed by atoms with Crippen molar-refractivity contribution in [1.29, 1.82) is 0 Å². The molecule has 110 valence electrons. The van der Waals surface area contributed by atoms with E-state index in [2.05, 4.69) is 5.32 Å². The molecule has 1 amide bonds. The molecule has 0 spiro atoms. The highest BCUT2D eigenvalue weighted by Gasteiger charge is 2.15. The molecule has 0 saturated heterocycles. The highest BCUT2D eigenvalue weighted by molar-refractivity contribution is 6.05. The Morgan fingerprint density at radius 3 is 2.43 bits per heavy atom. The van der Waals surface area contributed by atoms with E-state index in [-0.39, 0.29) is 5.56 Å². The number of nitrogen functional groups attached to an aromatic ring is 1. The molecule has 2 rings (SSSR count). The van der Waals surface area contributed by atoms with Crippen molar-refractivity contribution < 1.29 is 18.7 Å². The molecule has 0 heterocycles.